The van der Waals surface area contributed by atoms with Gasteiger partial charge in [-0.2, -0.15) is 0 Å². The van der Waals surface area contributed by atoms with E-state index in [1.807, 2.05) is 12.3 Å². The Hall–Kier alpha value is -1.63. The van der Waals surface area contributed by atoms with Crippen molar-refractivity contribution in [2.24, 2.45) is 5.92 Å². The van der Waals surface area contributed by atoms with E-state index in [-0.39, 0.29) is 18.0 Å². The van der Waals surface area contributed by atoms with Gasteiger partial charge in [-0.05, 0) is 26.2 Å². The normalized spacial score (nSPS) is 21.6. The quantitative estimate of drug-likeness (QED) is 0.769. The molecule has 0 spiro atoms. The molecule has 0 unspecified atom stereocenters. The van der Waals surface area contributed by atoms with E-state index in [9.17, 15) is 9.59 Å². The Kier molecular flexibility index (Phi) is 4.94. The van der Waals surface area contributed by atoms with Crippen LogP contribution >= 0.6 is 11.3 Å². The Balaban J connectivity index is 1.65. The first-order valence-corrected chi connectivity index (χ1v) is 7.60. The van der Waals surface area contributed by atoms with E-state index in [4.69, 9.17) is 5.11 Å². The number of amides is 2. The summed E-state index contributed by atoms with van der Waals surface area (Å²) in [6.45, 7) is 2.48. The summed E-state index contributed by atoms with van der Waals surface area (Å²) in [7, 11) is 0. The van der Waals surface area contributed by atoms with Crippen LogP contribution in [-0.4, -0.2) is 34.7 Å². The number of hydrogen-bond acceptors (Lipinski definition) is 4. The highest BCUT2D eigenvalue weighted by molar-refractivity contribution is 7.09. The van der Waals surface area contributed by atoms with E-state index in [0.717, 1.165) is 17.1 Å². The average molecular weight is 297 g/mol. The summed E-state index contributed by atoms with van der Waals surface area (Å²) in [5.74, 6) is -1.09. The monoisotopic (exact) mass is 297 g/mol. The molecule has 0 saturated heterocycles. The lowest BCUT2D eigenvalue weighted by Gasteiger charge is -2.13. The van der Waals surface area contributed by atoms with E-state index < -0.39 is 5.97 Å². The number of carboxylic acid groups (broad SMARTS) is 1. The molecule has 1 heterocycles. The molecule has 0 radical (unpaired) electrons. The summed E-state index contributed by atoms with van der Waals surface area (Å²) in [4.78, 5) is 26.8. The topological polar surface area (TPSA) is 91.3 Å². The average Bonchev–Trinajstić information content (AvgIpc) is 2.99. The standard InChI is InChI=1S/C13H19N3O3S/c1-8-7-20-11(15-8)4-5-14-13(19)16-10-3-2-9(6-10)12(17)18/h7,9-10H,2-6H2,1H3,(H,17,18)(H2,14,16,19)/t9-,10+/m1/s1. The number of thiazole rings is 1. The highest BCUT2D eigenvalue weighted by Crippen LogP contribution is 2.25. The first-order chi connectivity index (χ1) is 9.54. The molecule has 1 aliphatic carbocycles. The first kappa shape index (κ1) is 14.8. The molecule has 1 fully saturated rings. The van der Waals surface area contributed by atoms with Crippen LogP contribution in [-0.2, 0) is 11.2 Å². The maximum Gasteiger partial charge on any atom is 0.315 e. The summed E-state index contributed by atoms with van der Waals surface area (Å²) < 4.78 is 0. The summed E-state index contributed by atoms with van der Waals surface area (Å²) in [6.07, 6.45) is 2.61. The van der Waals surface area contributed by atoms with Gasteiger partial charge in [0.15, 0.2) is 0 Å². The number of carbonyl (C=O) groups excluding carboxylic acids is 1. The van der Waals surface area contributed by atoms with Crippen LogP contribution in [0.1, 0.15) is 30.0 Å². The molecule has 7 heteroatoms. The number of urea groups is 1. The number of aliphatic carboxylic acids is 1. The molecule has 6 nitrogen and oxygen atoms in total. The third kappa shape index (κ3) is 4.19. The van der Waals surface area contributed by atoms with Crippen LogP contribution in [0.3, 0.4) is 0 Å². The predicted molar refractivity (Wildman–Crippen MR) is 75.9 cm³/mol. The Morgan fingerprint density at radius 3 is 2.90 bits per heavy atom. The van der Waals surface area contributed by atoms with Crippen LogP contribution in [0.5, 0.6) is 0 Å². The zero-order valence-electron chi connectivity index (χ0n) is 11.4. The van der Waals surface area contributed by atoms with Crippen LogP contribution < -0.4 is 10.6 Å². The van der Waals surface area contributed by atoms with Crippen LogP contribution in [0.2, 0.25) is 0 Å². The number of rotatable bonds is 5. The fourth-order valence-corrected chi connectivity index (χ4v) is 3.15. The van der Waals surface area contributed by atoms with Gasteiger partial charge in [0, 0.05) is 30.1 Å². The molecule has 1 aromatic rings. The molecule has 0 bridgehead atoms. The Bertz CT molecular complexity index is 489. The Morgan fingerprint density at radius 1 is 1.50 bits per heavy atom. The molecule has 0 aromatic carbocycles. The first-order valence-electron chi connectivity index (χ1n) is 6.73. The van der Waals surface area contributed by atoms with Gasteiger partial charge in [0.05, 0.1) is 10.9 Å². The Morgan fingerprint density at radius 2 is 2.30 bits per heavy atom. The maximum absolute atomic E-state index is 11.7. The highest BCUT2D eigenvalue weighted by Gasteiger charge is 2.30. The molecule has 0 aliphatic heterocycles. The van der Waals surface area contributed by atoms with Gasteiger partial charge >= 0.3 is 12.0 Å². The van der Waals surface area contributed by atoms with Crippen molar-refractivity contribution in [1.29, 1.82) is 0 Å². The minimum absolute atomic E-state index is 0.0294. The van der Waals surface area contributed by atoms with Crippen molar-refractivity contribution in [1.82, 2.24) is 15.6 Å². The number of nitrogens with one attached hydrogen (secondary N) is 2. The molecular weight excluding hydrogens is 278 g/mol. The second kappa shape index (κ2) is 6.69. The lowest BCUT2D eigenvalue weighted by atomic mass is 10.1. The van der Waals surface area contributed by atoms with Gasteiger partial charge in [0.25, 0.3) is 0 Å². The predicted octanol–water partition coefficient (Wildman–Crippen LogP) is 1.55. The van der Waals surface area contributed by atoms with Crippen LogP contribution in [0, 0.1) is 12.8 Å². The fourth-order valence-electron chi connectivity index (χ4n) is 2.37. The summed E-state index contributed by atoms with van der Waals surface area (Å²) in [5, 5.41) is 17.5. The van der Waals surface area contributed by atoms with Gasteiger partial charge in [-0.15, -0.1) is 11.3 Å². The van der Waals surface area contributed by atoms with E-state index in [0.29, 0.717) is 25.8 Å². The van der Waals surface area contributed by atoms with Gasteiger partial charge in [-0.1, -0.05) is 0 Å². The summed E-state index contributed by atoms with van der Waals surface area (Å²) >= 11 is 1.59. The largest absolute Gasteiger partial charge is 0.481 e. The molecule has 1 aliphatic rings. The van der Waals surface area contributed by atoms with Crippen molar-refractivity contribution in [2.75, 3.05) is 6.54 Å². The third-order valence-electron chi connectivity index (χ3n) is 3.41. The number of carbonyl (C=O) groups is 2. The molecule has 20 heavy (non-hydrogen) atoms. The van der Waals surface area contributed by atoms with Crippen LogP contribution in [0.15, 0.2) is 5.38 Å². The van der Waals surface area contributed by atoms with Gasteiger partial charge < -0.3 is 15.7 Å². The molecule has 1 aromatic heterocycles. The van der Waals surface area contributed by atoms with E-state index in [1.165, 1.54) is 0 Å². The lowest BCUT2D eigenvalue weighted by molar-refractivity contribution is -0.141. The number of aryl methyl sites for hydroxylation is 1. The van der Waals surface area contributed by atoms with Gasteiger partial charge in [0.2, 0.25) is 0 Å². The van der Waals surface area contributed by atoms with Crippen molar-refractivity contribution in [3.8, 4) is 0 Å². The molecule has 1 saturated carbocycles. The minimum Gasteiger partial charge on any atom is -0.481 e. The number of carboxylic acids is 1. The third-order valence-corrected chi connectivity index (χ3v) is 4.43. The van der Waals surface area contributed by atoms with E-state index >= 15 is 0 Å². The van der Waals surface area contributed by atoms with Crippen molar-refractivity contribution in [2.45, 2.75) is 38.6 Å². The second-order valence-electron chi connectivity index (χ2n) is 5.08. The zero-order chi connectivity index (χ0) is 14.5. The molecule has 2 amide bonds. The molecular formula is C13H19N3O3S. The summed E-state index contributed by atoms with van der Waals surface area (Å²) in [5.41, 5.74) is 1.00. The number of nitrogens with zero attached hydrogens (tertiary/aromatic N) is 1. The van der Waals surface area contributed by atoms with Gasteiger partial charge in [0.1, 0.15) is 0 Å². The molecule has 110 valence electrons. The molecule has 2 rings (SSSR count). The van der Waals surface area contributed by atoms with E-state index in [2.05, 4.69) is 15.6 Å². The minimum atomic E-state index is -0.770. The summed E-state index contributed by atoms with van der Waals surface area (Å²) in [6, 6.07) is -0.257. The van der Waals surface area contributed by atoms with Crippen molar-refractivity contribution >= 4 is 23.3 Å². The number of hydrogen-bond donors (Lipinski definition) is 3. The van der Waals surface area contributed by atoms with Gasteiger partial charge in [-0.25, -0.2) is 9.78 Å². The molecule has 2 atom stereocenters. The smallest absolute Gasteiger partial charge is 0.315 e. The SMILES string of the molecule is Cc1csc(CCNC(=O)N[C@H]2CC[C@@H](C(=O)O)C2)n1. The zero-order valence-corrected chi connectivity index (χ0v) is 12.2. The Labute approximate surface area is 121 Å². The van der Waals surface area contributed by atoms with Crippen molar-refractivity contribution < 1.29 is 14.7 Å². The van der Waals surface area contributed by atoms with Crippen LogP contribution in [0.4, 0.5) is 4.79 Å². The van der Waals surface area contributed by atoms with Gasteiger partial charge in [-0.3, -0.25) is 4.79 Å². The lowest BCUT2D eigenvalue weighted by Crippen LogP contribution is -2.41. The highest BCUT2D eigenvalue weighted by atomic mass is 32.1. The van der Waals surface area contributed by atoms with Crippen molar-refractivity contribution in [3.63, 3.8) is 0 Å². The second-order valence-corrected chi connectivity index (χ2v) is 6.02. The fraction of sp³-hybridized carbons (Fsp3) is 0.615. The van der Waals surface area contributed by atoms with Crippen LogP contribution in [0.25, 0.3) is 0 Å². The van der Waals surface area contributed by atoms with E-state index in [1.54, 1.807) is 11.3 Å². The van der Waals surface area contributed by atoms with Crippen molar-refractivity contribution in [3.05, 3.63) is 16.1 Å². The number of aromatic nitrogens is 1. The molecule has 3 N–H and O–H groups in total. The maximum atomic E-state index is 11.7.